The van der Waals surface area contributed by atoms with Gasteiger partial charge in [0.25, 0.3) is 0 Å². The van der Waals surface area contributed by atoms with E-state index < -0.39 is 0 Å². The van der Waals surface area contributed by atoms with E-state index in [-0.39, 0.29) is 11.9 Å². The predicted octanol–water partition coefficient (Wildman–Crippen LogP) is 1.94. The van der Waals surface area contributed by atoms with Gasteiger partial charge >= 0.3 is 0 Å². The standard InChI is InChI=1S/C13H20N2O2/c1-11(12-5-8-17-10-12)14-9-13(16)15-6-3-2-4-7-15/h5,8,10-11,14H,2-4,6-7,9H2,1H3. The molecule has 2 rings (SSSR count). The van der Waals surface area contributed by atoms with E-state index in [1.54, 1.807) is 12.5 Å². The van der Waals surface area contributed by atoms with Crippen molar-refractivity contribution >= 4 is 5.91 Å². The normalized spacial score (nSPS) is 18.1. The number of carbonyl (C=O) groups excluding carboxylic acids is 1. The van der Waals surface area contributed by atoms with Crippen molar-refractivity contribution < 1.29 is 9.21 Å². The van der Waals surface area contributed by atoms with E-state index in [2.05, 4.69) is 5.32 Å². The summed E-state index contributed by atoms with van der Waals surface area (Å²) < 4.78 is 5.02. The summed E-state index contributed by atoms with van der Waals surface area (Å²) in [5, 5.41) is 3.23. The van der Waals surface area contributed by atoms with Crippen molar-refractivity contribution in [2.75, 3.05) is 19.6 Å². The van der Waals surface area contributed by atoms with Gasteiger partial charge in [-0.1, -0.05) is 0 Å². The molecule has 4 heteroatoms. The number of nitrogens with one attached hydrogen (secondary N) is 1. The van der Waals surface area contributed by atoms with Gasteiger partial charge in [-0.3, -0.25) is 4.79 Å². The Morgan fingerprint density at radius 3 is 2.88 bits per heavy atom. The van der Waals surface area contributed by atoms with Gasteiger partial charge in [0.15, 0.2) is 0 Å². The van der Waals surface area contributed by atoms with E-state index in [1.807, 2.05) is 17.9 Å². The van der Waals surface area contributed by atoms with Crippen LogP contribution in [0.5, 0.6) is 0 Å². The lowest BCUT2D eigenvalue weighted by Crippen LogP contribution is -2.41. The summed E-state index contributed by atoms with van der Waals surface area (Å²) in [5.74, 6) is 0.208. The monoisotopic (exact) mass is 236 g/mol. The van der Waals surface area contributed by atoms with Gasteiger partial charge in [0, 0.05) is 24.7 Å². The van der Waals surface area contributed by atoms with Crippen LogP contribution in [0.4, 0.5) is 0 Å². The average molecular weight is 236 g/mol. The average Bonchev–Trinajstić information content (AvgIpc) is 2.90. The van der Waals surface area contributed by atoms with Crippen LogP contribution in [0.2, 0.25) is 0 Å². The van der Waals surface area contributed by atoms with Gasteiger partial charge in [0.05, 0.1) is 19.1 Å². The summed E-state index contributed by atoms with van der Waals surface area (Å²) in [6, 6.07) is 2.07. The molecule has 1 atom stereocenters. The van der Waals surface area contributed by atoms with Crippen LogP contribution < -0.4 is 5.32 Å². The summed E-state index contributed by atoms with van der Waals surface area (Å²) >= 11 is 0. The van der Waals surface area contributed by atoms with Crippen LogP contribution >= 0.6 is 0 Å². The van der Waals surface area contributed by atoms with Gasteiger partial charge in [-0.15, -0.1) is 0 Å². The Hall–Kier alpha value is -1.29. The van der Waals surface area contributed by atoms with Gasteiger partial charge < -0.3 is 14.6 Å². The Bertz CT molecular complexity index is 342. The van der Waals surface area contributed by atoms with E-state index in [0.717, 1.165) is 31.5 Å². The van der Waals surface area contributed by atoms with Crippen LogP contribution in [0, 0.1) is 0 Å². The van der Waals surface area contributed by atoms with Crippen LogP contribution in [0.15, 0.2) is 23.0 Å². The minimum atomic E-state index is 0.155. The number of likely N-dealkylation sites (tertiary alicyclic amines) is 1. The maximum absolute atomic E-state index is 11.9. The van der Waals surface area contributed by atoms with Crippen molar-refractivity contribution in [1.29, 1.82) is 0 Å². The fraction of sp³-hybridized carbons (Fsp3) is 0.615. The molecule has 94 valence electrons. The van der Waals surface area contributed by atoms with Crippen molar-refractivity contribution in [2.45, 2.75) is 32.2 Å². The lowest BCUT2D eigenvalue weighted by molar-refractivity contribution is -0.131. The molecule has 0 aromatic carbocycles. The zero-order valence-electron chi connectivity index (χ0n) is 10.3. The first-order chi connectivity index (χ1) is 8.27. The highest BCUT2D eigenvalue weighted by Crippen LogP contribution is 2.12. The molecule has 0 saturated carbocycles. The molecule has 0 aliphatic carbocycles. The predicted molar refractivity (Wildman–Crippen MR) is 65.6 cm³/mol. The minimum Gasteiger partial charge on any atom is -0.472 e. The zero-order chi connectivity index (χ0) is 12.1. The van der Waals surface area contributed by atoms with Crippen molar-refractivity contribution in [1.82, 2.24) is 10.2 Å². The Labute approximate surface area is 102 Å². The van der Waals surface area contributed by atoms with E-state index in [4.69, 9.17) is 4.42 Å². The van der Waals surface area contributed by atoms with E-state index in [9.17, 15) is 4.79 Å². The number of nitrogens with zero attached hydrogens (tertiary/aromatic N) is 1. The van der Waals surface area contributed by atoms with E-state index in [0.29, 0.717) is 6.54 Å². The summed E-state index contributed by atoms with van der Waals surface area (Å²) in [5.41, 5.74) is 1.08. The number of amides is 1. The Morgan fingerprint density at radius 2 is 2.24 bits per heavy atom. The quantitative estimate of drug-likeness (QED) is 0.869. The fourth-order valence-corrected chi connectivity index (χ4v) is 2.13. The molecule has 4 nitrogen and oxygen atoms in total. The van der Waals surface area contributed by atoms with Gasteiger partial charge in [-0.2, -0.15) is 0 Å². The molecular weight excluding hydrogens is 216 g/mol. The maximum atomic E-state index is 11.9. The van der Waals surface area contributed by atoms with Gasteiger partial charge in [0.1, 0.15) is 0 Å². The highest BCUT2D eigenvalue weighted by atomic mass is 16.3. The smallest absolute Gasteiger partial charge is 0.236 e. The molecule has 1 amide bonds. The first-order valence-electron chi connectivity index (χ1n) is 6.30. The third kappa shape index (κ3) is 3.33. The summed E-state index contributed by atoms with van der Waals surface area (Å²) in [4.78, 5) is 13.9. The second-order valence-corrected chi connectivity index (χ2v) is 4.60. The highest BCUT2D eigenvalue weighted by molar-refractivity contribution is 5.78. The van der Waals surface area contributed by atoms with Crippen LogP contribution in [0.3, 0.4) is 0 Å². The molecule has 1 aliphatic rings. The first kappa shape index (κ1) is 12.2. The highest BCUT2D eigenvalue weighted by Gasteiger charge is 2.17. The number of rotatable bonds is 4. The number of piperidine rings is 1. The number of carbonyl (C=O) groups is 1. The molecule has 1 unspecified atom stereocenters. The second-order valence-electron chi connectivity index (χ2n) is 4.60. The first-order valence-corrected chi connectivity index (χ1v) is 6.30. The molecule has 1 saturated heterocycles. The summed E-state index contributed by atoms with van der Waals surface area (Å²) in [6.07, 6.45) is 6.90. The van der Waals surface area contributed by atoms with Crippen LogP contribution in [-0.2, 0) is 4.79 Å². The lowest BCUT2D eigenvalue weighted by Gasteiger charge is -2.27. The Kier molecular flexibility index (Phi) is 4.20. The van der Waals surface area contributed by atoms with Crippen molar-refractivity contribution in [3.63, 3.8) is 0 Å². The minimum absolute atomic E-state index is 0.155. The number of furan rings is 1. The molecule has 1 aromatic heterocycles. The molecule has 17 heavy (non-hydrogen) atoms. The lowest BCUT2D eigenvalue weighted by atomic mass is 10.1. The zero-order valence-corrected chi connectivity index (χ0v) is 10.3. The second kappa shape index (κ2) is 5.87. The maximum Gasteiger partial charge on any atom is 0.236 e. The van der Waals surface area contributed by atoms with Crippen molar-refractivity contribution in [2.24, 2.45) is 0 Å². The van der Waals surface area contributed by atoms with Crippen molar-refractivity contribution in [3.05, 3.63) is 24.2 Å². The third-order valence-electron chi connectivity index (χ3n) is 3.31. The molecule has 2 heterocycles. The fourth-order valence-electron chi connectivity index (χ4n) is 2.13. The van der Waals surface area contributed by atoms with E-state index in [1.165, 1.54) is 6.42 Å². The Morgan fingerprint density at radius 1 is 1.47 bits per heavy atom. The molecule has 1 aliphatic heterocycles. The van der Waals surface area contributed by atoms with Crippen molar-refractivity contribution in [3.8, 4) is 0 Å². The van der Waals surface area contributed by atoms with Gasteiger partial charge in [-0.05, 0) is 32.3 Å². The van der Waals surface area contributed by atoms with Crippen LogP contribution in [0.1, 0.15) is 37.8 Å². The van der Waals surface area contributed by atoms with Gasteiger partial charge in [-0.25, -0.2) is 0 Å². The largest absolute Gasteiger partial charge is 0.472 e. The van der Waals surface area contributed by atoms with Crippen LogP contribution in [0.25, 0.3) is 0 Å². The molecule has 0 spiro atoms. The molecule has 1 fully saturated rings. The molecule has 1 N–H and O–H groups in total. The molecule has 0 radical (unpaired) electrons. The third-order valence-corrected chi connectivity index (χ3v) is 3.31. The summed E-state index contributed by atoms with van der Waals surface area (Å²) in [7, 11) is 0. The molecular formula is C13H20N2O2. The topological polar surface area (TPSA) is 45.5 Å². The molecule has 1 aromatic rings. The number of hydrogen-bond acceptors (Lipinski definition) is 3. The summed E-state index contributed by atoms with van der Waals surface area (Å²) in [6.45, 7) is 4.28. The molecule has 0 bridgehead atoms. The number of hydrogen-bond donors (Lipinski definition) is 1. The Balaban J connectivity index is 1.75. The van der Waals surface area contributed by atoms with E-state index >= 15 is 0 Å². The van der Waals surface area contributed by atoms with Gasteiger partial charge in [0.2, 0.25) is 5.91 Å². The van der Waals surface area contributed by atoms with Crippen LogP contribution in [-0.4, -0.2) is 30.4 Å². The SMILES string of the molecule is CC(NCC(=O)N1CCCCC1)c1ccoc1.